The van der Waals surface area contributed by atoms with Gasteiger partial charge < -0.3 is 10.1 Å². The Hall–Kier alpha value is -3.45. The Bertz CT molecular complexity index is 1250. The number of rotatable bonds is 7. The zero-order chi connectivity index (χ0) is 21.8. The topological polar surface area (TPSA) is 72.7 Å². The number of ether oxygens (including phenoxy) is 1. The van der Waals surface area contributed by atoms with Crippen LogP contribution in [-0.4, -0.2) is 15.3 Å². The first-order chi connectivity index (χ1) is 15.0. The van der Waals surface area contributed by atoms with E-state index < -0.39 is 0 Å². The van der Waals surface area contributed by atoms with Crippen molar-refractivity contribution in [3.63, 3.8) is 0 Å². The normalized spacial score (nSPS) is 11.9. The fourth-order valence-corrected chi connectivity index (χ4v) is 4.26. The van der Waals surface area contributed by atoms with Crippen LogP contribution in [0.15, 0.2) is 71.7 Å². The van der Waals surface area contributed by atoms with Crippen LogP contribution in [0.2, 0.25) is 0 Å². The summed E-state index contributed by atoms with van der Waals surface area (Å²) >= 11 is 1.47. The lowest BCUT2D eigenvalue weighted by Crippen LogP contribution is -2.20. The summed E-state index contributed by atoms with van der Waals surface area (Å²) in [6.07, 6.45) is 2.51. The number of nitrogens with zero attached hydrogens (tertiary/aromatic N) is 2. The fraction of sp³-hybridized carbons (Fsp3) is 0.208. The predicted molar refractivity (Wildman–Crippen MR) is 123 cm³/mol. The van der Waals surface area contributed by atoms with Crippen molar-refractivity contribution in [2.45, 2.75) is 32.8 Å². The zero-order valence-electron chi connectivity index (χ0n) is 17.4. The molecule has 0 saturated heterocycles. The van der Waals surface area contributed by atoms with Gasteiger partial charge in [-0.15, -0.1) is 11.3 Å². The van der Waals surface area contributed by atoms with Crippen LogP contribution in [0.5, 0.6) is 5.75 Å². The fourth-order valence-electron chi connectivity index (χ4n) is 3.41. The molecule has 158 valence electrons. The zero-order valence-corrected chi connectivity index (χ0v) is 18.2. The van der Waals surface area contributed by atoms with E-state index in [0.29, 0.717) is 22.1 Å². The minimum absolute atomic E-state index is 0.0356. The number of hydrogen-bond donors (Lipinski definition) is 1. The highest BCUT2D eigenvalue weighted by atomic mass is 32.1. The number of amides is 1. The van der Waals surface area contributed by atoms with Crippen molar-refractivity contribution in [2.75, 3.05) is 5.32 Å². The molecule has 4 aromatic rings. The minimum Gasteiger partial charge on any atom is -0.487 e. The molecule has 0 saturated carbocycles. The molecule has 0 spiro atoms. The van der Waals surface area contributed by atoms with E-state index in [0.717, 1.165) is 16.9 Å². The van der Waals surface area contributed by atoms with E-state index in [1.807, 2.05) is 44.2 Å². The van der Waals surface area contributed by atoms with Gasteiger partial charge in [0.25, 0.3) is 5.56 Å². The van der Waals surface area contributed by atoms with Crippen LogP contribution < -0.4 is 15.6 Å². The van der Waals surface area contributed by atoms with Gasteiger partial charge >= 0.3 is 0 Å². The molecule has 0 fully saturated rings. The SMILES string of the molecule is CC[C@@H](C(=O)Nc1ccc(OCc2cc(=O)n3cc(C)sc3n2)cc1)c1ccccc1. The van der Waals surface area contributed by atoms with E-state index >= 15 is 0 Å². The molecule has 2 aromatic heterocycles. The lowest BCUT2D eigenvalue weighted by molar-refractivity contribution is -0.117. The molecule has 31 heavy (non-hydrogen) atoms. The van der Waals surface area contributed by atoms with Crippen LogP contribution in [0.25, 0.3) is 4.96 Å². The maximum atomic E-state index is 12.7. The molecule has 4 rings (SSSR count). The molecule has 1 atom stereocenters. The van der Waals surface area contributed by atoms with Gasteiger partial charge in [-0.3, -0.25) is 14.0 Å². The monoisotopic (exact) mass is 433 g/mol. The van der Waals surface area contributed by atoms with Crippen molar-refractivity contribution >= 4 is 27.9 Å². The Kier molecular flexibility index (Phi) is 6.13. The number of aryl methyl sites for hydroxylation is 1. The summed E-state index contributed by atoms with van der Waals surface area (Å²) in [5.41, 5.74) is 2.18. The molecule has 0 aliphatic rings. The molecule has 1 amide bonds. The van der Waals surface area contributed by atoms with Crippen molar-refractivity contribution < 1.29 is 9.53 Å². The van der Waals surface area contributed by atoms with Crippen molar-refractivity contribution in [1.29, 1.82) is 0 Å². The maximum absolute atomic E-state index is 12.7. The van der Waals surface area contributed by atoms with Crippen LogP contribution in [-0.2, 0) is 11.4 Å². The first-order valence-corrected chi connectivity index (χ1v) is 10.9. The number of fused-ring (bicyclic) bond motifs is 1. The standard InChI is InChI=1S/C24H23N3O3S/c1-3-21(17-7-5-4-6-8-17)23(29)25-18-9-11-20(12-10-18)30-15-19-13-22(28)27-14-16(2)31-24(27)26-19/h4-14,21H,3,15H2,1-2H3,(H,25,29)/t21-/m1/s1. The van der Waals surface area contributed by atoms with Gasteiger partial charge in [-0.25, -0.2) is 4.98 Å². The molecular weight excluding hydrogens is 410 g/mol. The minimum atomic E-state index is -0.196. The third-order valence-corrected chi connectivity index (χ3v) is 5.87. The second-order valence-corrected chi connectivity index (χ2v) is 8.47. The smallest absolute Gasteiger partial charge is 0.258 e. The highest BCUT2D eigenvalue weighted by molar-refractivity contribution is 7.16. The Morgan fingerprint density at radius 3 is 2.61 bits per heavy atom. The van der Waals surface area contributed by atoms with E-state index in [4.69, 9.17) is 4.74 Å². The number of aromatic nitrogens is 2. The number of nitrogens with one attached hydrogen (secondary N) is 1. The maximum Gasteiger partial charge on any atom is 0.258 e. The molecule has 2 aromatic carbocycles. The van der Waals surface area contributed by atoms with Gasteiger partial charge in [0.1, 0.15) is 12.4 Å². The molecule has 6 nitrogen and oxygen atoms in total. The summed E-state index contributed by atoms with van der Waals surface area (Å²) in [7, 11) is 0. The Morgan fingerprint density at radius 2 is 1.90 bits per heavy atom. The number of anilines is 1. The van der Waals surface area contributed by atoms with Crippen LogP contribution in [0.4, 0.5) is 5.69 Å². The number of benzene rings is 2. The number of hydrogen-bond acceptors (Lipinski definition) is 5. The Morgan fingerprint density at radius 1 is 1.16 bits per heavy atom. The summed E-state index contributed by atoms with van der Waals surface area (Å²) < 4.78 is 7.32. The number of carbonyl (C=O) groups is 1. The summed E-state index contributed by atoms with van der Waals surface area (Å²) in [6, 6.07) is 18.5. The van der Waals surface area contributed by atoms with Crippen molar-refractivity contribution in [2.24, 2.45) is 0 Å². The van der Waals surface area contributed by atoms with Gasteiger partial charge in [0, 0.05) is 22.8 Å². The van der Waals surface area contributed by atoms with E-state index in [1.54, 1.807) is 34.9 Å². The van der Waals surface area contributed by atoms with E-state index in [-0.39, 0.29) is 24.0 Å². The lowest BCUT2D eigenvalue weighted by atomic mass is 9.95. The Labute approximate surface area is 184 Å². The molecule has 0 aliphatic heterocycles. The average molecular weight is 434 g/mol. The quantitative estimate of drug-likeness (QED) is 0.455. The third kappa shape index (κ3) is 4.83. The summed E-state index contributed by atoms with van der Waals surface area (Å²) in [5, 5.41) is 2.97. The van der Waals surface area contributed by atoms with Crippen LogP contribution >= 0.6 is 11.3 Å². The van der Waals surface area contributed by atoms with E-state index in [9.17, 15) is 9.59 Å². The molecule has 7 heteroatoms. The van der Waals surface area contributed by atoms with Gasteiger partial charge in [0.15, 0.2) is 4.96 Å². The van der Waals surface area contributed by atoms with Crippen molar-refractivity contribution in [3.05, 3.63) is 93.3 Å². The molecule has 0 aliphatic carbocycles. The van der Waals surface area contributed by atoms with Crippen LogP contribution in [0.1, 0.15) is 35.4 Å². The van der Waals surface area contributed by atoms with E-state index in [1.165, 1.54) is 17.4 Å². The highest BCUT2D eigenvalue weighted by Gasteiger charge is 2.18. The summed E-state index contributed by atoms with van der Waals surface area (Å²) in [4.78, 5) is 31.1. The number of carbonyl (C=O) groups excluding carboxylic acids is 1. The van der Waals surface area contributed by atoms with Gasteiger partial charge in [0.05, 0.1) is 11.6 Å². The lowest BCUT2D eigenvalue weighted by Gasteiger charge is -2.15. The van der Waals surface area contributed by atoms with Crippen molar-refractivity contribution in [1.82, 2.24) is 9.38 Å². The summed E-state index contributed by atoms with van der Waals surface area (Å²) in [5.74, 6) is 0.405. The van der Waals surface area contributed by atoms with Gasteiger partial charge in [-0.2, -0.15) is 0 Å². The Balaban J connectivity index is 1.39. The highest BCUT2D eigenvalue weighted by Crippen LogP contribution is 2.23. The molecular formula is C24H23N3O3S. The second-order valence-electron chi connectivity index (χ2n) is 7.25. The van der Waals surface area contributed by atoms with E-state index in [2.05, 4.69) is 10.3 Å². The van der Waals surface area contributed by atoms with Gasteiger partial charge in [0.2, 0.25) is 5.91 Å². The molecule has 2 heterocycles. The van der Waals surface area contributed by atoms with Gasteiger partial charge in [-0.05, 0) is 43.2 Å². The molecule has 1 N–H and O–H groups in total. The van der Waals surface area contributed by atoms with Gasteiger partial charge in [-0.1, -0.05) is 37.3 Å². The second kappa shape index (κ2) is 9.14. The largest absolute Gasteiger partial charge is 0.487 e. The van der Waals surface area contributed by atoms with Crippen LogP contribution in [0.3, 0.4) is 0 Å². The first-order valence-electron chi connectivity index (χ1n) is 10.1. The first kappa shape index (κ1) is 20.8. The molecule has 0 bridgehead atoms. The average Bonchev–Trinajstić information content (AvgIpc) is 3.15. The number of thiazole rings is 1. The van der Waals surface area contributed by atoms with Crippen LogP contribution in [0, 0.1) is 6.92 Å². The molecule has 0 radical (unpaired) electrons. The molecule has 0 unspecified atom stereocenters. The third-order valence-electron chi connectivity index (χ3n) is 4.97. The van der Waals surface area contributed by atoms with Crippen molar-refractivity contribution in [3.8, 4) is 5.75 Å². The summed E-state index contributed by atoms with van der Waals surface area (Å²) in [6.45, 7) is 4.14. The predicted octanol–water partition coefficient (Wildman–Crippen LogP) is 4.78.